The van der Waals surface area contributed by atoms with Crippen molar-refractivity contribution in [2.45, 2.75) is 37.8 Å². The van der Waals surface area contributed by atoms with Gasteiger partial charge in [0.15, 0.2) is 0 Å². The molecule has 1 heterocycles. The van der Waals surface area contributed by atoms with Gasteiger partial charge in [-0.25, -0.2) is 4.39 Å². The summed E-state index contributed by atoms with van der Waals surface area (Å²) in [4.78, 5) is 28.1. The van der Waals surface area contributed by atoms with Gasteiger partial charge < -0.3 is 15.5 Å². The first-order valence-electron chi connectivity index (χ1n) is 8.08. The van der Waals surface area contributed by atoms with E-state index >= 15 is 0 Å². The third-order valence-electron chi connectivity index (χ3n) is 4.79. The van der Waals surface area contributed by atoms with Crippen LogP contribution in [0.2, 0.25) is 0 Å². The summed E-state index contributed by atoms with van der Waals surface area (Å²) < 4.78 is 13.2. The highest BCUT2D eigenvalue weighted by molar-refractivity contribution is 5.91. The molecule has 1 aromatic carbocycles. The Morgan fingerprint density at radius 3 is 2.58 bits per heavy atom. The molecule has 0 spiro atoms. The van der Waals surface area contributed by atoms with Gasteiger partial charge in [-0.05, 0) is 30.5 Å². The number of hydrogen-bond donors (Lipinski definition) is 1. The van der Waals surface area contributed by atoms with Crippen molar-refractivity contribution < 1.29 is 14.0 Å². The van der Waals surface area contributed by atoms with Gasteiger partial charge in [-0.3, -0.25) is 9.59 Å². The lowest BCUT2D eigenvalue weighted by atomic mass is 9.96. The number of hydrogen-bond acceptors (Lipinski definition) is 3. The zero-order valence-electron chi connectivity index (χ0n) is 13.5. The van der Waals surface area contributed by atoms with E-state index in [0.29, 0.717) is 32.5 Å². The number of carbonyl (C=O) groups is 2. The molecular formula is C17H23ClFN3O2. The van der Waals surface area contributed by atoms with Gasteiger partial charge in [0.25, 0.3) is 0 Å². The van der Waals surface area contributed by atoms with Crippen LogP contribution >= 0.6 is 12.4 Å². The number of benzene rings is 1. The molecule has 3 rings (SSSR count). The molecule has 132 valence electrons. The van der Waals surface area contributed by atoms with Gasteiger partial charge in [0.1, 0.15) is 5.82 Å². The quantitative estimate of drug-likeness (QED) is 0.897. The topological polar surface area (TPSA) is 66.6 Å². The van der Waals surface area contributed by atoms with Crippen molar-refractivity contribution in [3.63, 3.8) is 0 Å². The van der Waals surface area contributed by atoms with Gasteiger partial charge in [-0.1, -0.05) is 25.0 Å². The lowest BCUT2D eigenvalue weighted by Crippen LogP contribution is -2.59. The molecule has 0 radical (unpaired) electrons. The summed E-state index contributed by atoms with van der Waals surface area (Å²) in [5.41, 5.74) is 6.16. The Hall–Kier alpha value is -1.66. The van der Waals surface area contributed by atoms with E-state index in [4.69, 9.17) is 5.73 Å². The highest BCUT2D eigenvalue weighted by Gasteiger charge is 2.41. The molecule has 0 bridgehead atoms. The average molecular weight is 356 g/mol. The standard InChI is InChI=1S/C17H22FN3O2.ClH/c18-14-5-3-4-13(10-14)11-20-8-9-21(12-15(20)22)16(23)17(19)6-1-2-7-17;/h3-5,10H,1-2,6-9,11-12,19H2;1H. The molecular weight excluding hydrogens is 333 g/mol. The van der Waals surface area contributed by atoms with Crippen LogP contribution in [-0.2, 0) is 16.1 Å². The summed E-state index contributed by atoms with van der Waals surface area (Å²) in [7, 11) is 0. The van der Waals surface area contributed by atoms with E-state index in [9.17, 15) is 14.0 Å². The van der Waals surface area contributed by atoms with Gasteiger partial charge in [0.2, 0.25) is 11.8 Å². The van der Waals surface area contributed by atoms with Crippen LogP contribution < -0.4 is 5.73 Å². The van der Waals surface area contributed by atoms with E-state index in [-0.39, 0.29) is 36.6 Å². The highest BCUT2D eigenvalue weighted by Crippen LogP contribution is 2.29. The number of nitrogens with two attached hydrogens (primary N) is 1. The first kappa shape index (κ1) is 18.7. The van der Waals surface area contributed by atoms with E-state index in [0.717, 1.165) is 18.4 Å². The molecule has 2 aliphatic rings. The van der Waals surface area contributed by atoms with Gasteiger partial charge in [0.05, 0.1) is 12.1 Å². The fourth-order valence-corrected chi connectivity index (χ4v) is 3.44. The Kier molecular flexibility index (Phi) is 5.83. The zero-order chi connectivity index (χ0) is 16.4. The summed E-state index contributed by atoms with van der Waals surface area (Å²) in [5.74, 6) is -0.528. The largest absolute Gasteiger partial charge is 0.335 e. The highest BCUT2D eigenvalue weighted by atomic mass is 35.5. The third-order valence-corrected chi connectivity index (χ3v) is 4.79. The summed E-state index contributed by atoms with van der Waals surface area (Å²) >= 11 is 0. The first-order valence-corrected chi connectivity index (χ1v) is 8.08. The fourth-order valence-electron chi connectivity index (χ4n) is 3.44. The van der Waals surface area contributed by atoms with Crippen LogP contribution in [0.1, 0.15) is 31.2 Å². The van der Waals surface area contributed by atoms with Gasteiger partial charge >= 0.3 is 0 Å². The van der Waals surface area contributed by atoms with E-state index < -0.39 is 5.54 Å². The zero-order valence-corrected chi connectivity index (χ0v) is 14.4. The van der Waals surface area contributed by atoms with Crippen molar-refractivity contribution in [2.75, 3.05) is 19.6 Å². The predicted molar refractivity (Wildman–Crippen MR) is 91.0 cm³/mol. The van der Waals surface area contributed by atoms with Crippen LogP contribution in [-0.4, -0.2) is 46.8 Å². The molecule has 2 amide bonds. The molecule has 0 aromatic heterocycles. The van der Waals surface area contributed by atoms with Crippen molar-refractivity contribution in [2.24, 2.45) is 5.73 Å². The summed E-state index contributed by atoms with van der Waals surface area (Å²) in [6, 6.07) is 6.23. The molecule has 0 atom stereocenters. The van der Waals surface area contributed by atoms with Crippen LogP contribution in [0.5, 0.6) is 0 Å². The van der Waals surface area contributed by atoms with Gasteiger partial charge in [0, 0.05) is 19.6 Å². The van der Waals surface area contributed by atoms with Crippen LogP contribution in [0.25, 0.3) is 0 Å². The normalized spacial score (nSPS) is 20.0. The second-order valence-electron chi connectivity index (χ2n) is 6.54. The minimum atomic E-state index is -0.787. The Labute approximate surface area is 147 Å². The lowest BCUT2D eigenvalue weighted by Gasteiger charge is -2.38. The smallest absolute Gasteiger partial charge is 0.243 e. The number of amides is 2. The lowest BCUT2D eigenvalue weighted by molar-refractivity contribution is -0.148. The van der Waals surface area contributed by atoms with Crippen molar-refractivity contribution in [1.29, 1.82) is 0 Å². The van der Waals surface area contributed by atoms with Crippen LogP contribution in [0.3, 0.4) is 0 Å². The van der Waals surface area contributed by atoms with E-state index in [2.05, 4.69) is 0 Å². The Morgan fingerprint density at radius 2 is 1.96 bits per heavy atom. The molecule has 1 saturated carbocycles. The average Bonchev–Trinajstić information content (AvgIpc) is 2.97. The number of nitrogens with zero attached hydrogens (tertiary/aromatic N) is 2. The van der Waals surface area contributed by atoms with Crippen molar-refractivity contribution in [3.05, 3.63) is 35.6 Å². The summed E-state index contributed by atoms with van der Waals surface area (Å²) in [5, 5.41) is 0. The minimum Gasteiger partial charge on any atom is -0.335 e. The second kappa shape index (κ2) is 7.49. The Balaban J connectivity index is 0.00000208. The molecule has 1 aliphatic heterocycles. The molecule has 0 unspecified atom stereocenters. The van der Waals surface area contributed by atoms with Crippen molar-refractivity contribution >= 4 is 24.2 Å². The molecule has 2 N–H and O–H groups in total. The summed E-state index contributed by atoms with van der Waals surface area (Å²) in [6.07, 6.45) is 3.33. The molecule has 7 heteroatoms. The molecule has 1 saturated heterocycles. The van der Waals surface area contributed by atoms with E-state index in [1.165, 1.54) is 12.1 Å². The van der Waals surface area contributed by atoms with Gasteiger partial charge in [-0.2, -0.15) is 0 Å². The van der Waals surface area contributed by atoms with Crippen LogP contribution in [0.15, 0.2) is 24.3 Å². The van der Waals surface area contributed by atoms with Crippen molar-refractivity contribution in [3.8, 4) is 0 Å². The molecule has 1 aliphatic carbocycles. The monoisotopic (exact) mass is 355 g/mol. The molecule has 1 aromatic rings. The maximum absolute atomic E-state index is 13.2. The molecule has 5 nitrogen and oxygen atoms in total. The van der Waals surface area contributed by atoms with Gasteiger partial charge in [-0.15, -0.1) is 12.4 Å². The summed E-state index contributed by atoms with van der Waals surface area (Å²) in [6.45, 7) is 1.37. The van der Waals surface area contributed by atoms with E-state index in [1.807, 2.05) is 0 Å². The molecule has 2 fully saturated rings. The van der Waals surface area contributed by atoms with Crippen LogP contribution in [0.4, 0.5) is 4.39 Å². The first-order chi connectivity index (χ1) is 11.0. The number of carbonyl (C=O) groups excluding carboxylic acids is 2. The Bertz CT molecular complexity index is 620. The third kappa shape index (κ3) is 3.87. The number of halogens is 2. The minimum absolute atomic E-state index is 0. The number of piperazine rings is 1. The van der Waals surface area contributed by atoms with Crippen molar-refractivity contribution in [1.82, 2.24) is 9.80 Å². The number of rotatable bonds is 3. The van der Waals surface area contributed by atoms with Crippen LogP contribution in [0, 0.1) is 5.82 Å². The maximum Gasteiger partial charge on any atom is 0.243 e. The SMILES string of the molecule is Cl.NC1(C(=O)N2CCN(Cc3cccc(F)c3)C(=O)C2)CCCC1. The second-order valence-corrected chi connectivity index (χ2v) is 6.54. The Morgan fingerprint density at radius 1 is 1.25 bits per heavy atom. The maximum atomic E-state index is 13.2. The predicted octanol–water partition coefficient (Wildman–Crippen LogP) is 1.69. The molecule has 24 heavy (non-hydrogen) atoms. The van der Waals surface area contributed by atoms with E-state index in [1.54, 1.807) is 21.9 Å². The fraction of sp³-hybridized carbons (Fsp3) is 0.529.